The number of para-hydroxylation sites is 2. The maximum Gasteiger partial charge on any atom is 0.272 e. The van der Waals surface area contributed by atoms with E-state index < -0.39 is 13.0 Å². The molecule has 2 rings (SSSR count). The number of nitrogens with zero attached hydrogens (tertiary/aromatic N) is 1. The Morgan fingerprint density at radius 1 is 1.47 bits per heavy atom. The number of anilines is 1. The number of benzene rings is 1. The molecule has 0 N–H and O–H groups in total. The van der Waals surface area contributed by atoms with Gasteiger partial charge in [-0.3, -0.25) is 4.79 Å². The molecule has 1 aliphatic rings. The summed E-state index contributed by atoms with van der Waals surface area (Å²) in [6.45, 7) is -0.304. The molecule has 100 valence electrons. The van der Waals surface area contributed by atoms with Gasteiger partial charge in [-0.25, -0.2) is 8.78 Å². The largest absolute Gasteiger partial charge is 0.485 e. The van der Waals surface area contributed by atoms with Gasteiger partial charge in [0.2, 0.25) is 5.91 Å². The number of alkyl halides is 2. The lowest BCUT2D eigenvalue weighted by Gasteiger charge is -2.19. The molecule has 3 nitrogen and oxygen atoms in total. The highest BCUT2D eigenvalue weighted by Gasteiger charge is 2.31. The van der Waals surface area contributed by atoms with Crippen molar-refractivity contribution < 1.29 is 18.3 Å². The Labute approximate surface area is 110 Å². The Morgan fingerprint density at radius 3 is 2.84 bits per heavy atom. The minimum Gasteiger partial charge on any atom is -0.485 e. The Hall–Kier alpha value is -2.09. The van der Waals surface area contributed by atoms with Crippen molar-refractivity contribution in [1.29, 1.82) is 0 Å². The van der Waals surface area contributed by atoms with Crippen molar-refractivity contribution in [3.63, 3.8) is 0 Å². The SMILES string of the molecule is C#CC1CC(=O)N(c2ccccc2OCC(F)F)C1. The molecular weight excluding hydrogens is 252 g/mol. The minimum absolute atomic E-state index is 0.115. The monoisotopic (exact) mass is 265 g/mol. The average molecular weight is 265 g/mol. The van der Waals surface area contributed by atoms with E-state index >= 15 is 0 Å². The maximum absolute atomic E-state index is 12.2. The van der Waals surface area contributed by atoms with Gasteiger partial charge < -0.3 is 9.64 Å². The first-order chi connectivity index (χ1) is 9.11. The third kappa shape index (κ3) is 3.02. The van der Waals surface area contributed by atoms with E-state index in [-0.39, 0.29) is 24.0 Å². The summed E-state index contributed by atoms with van der Waals surface area (Å²) in [6, 6.07) is 6.62. The van der Waals surface area contributed by atoms with Gasteiger partial charge >= 0.3 is 0 Å². The van der Waals surface area contributed by atoms with E-state index in [1.807, 2.05) is 0 Å². The van der Waals surface area contributed by atoms with Gasteiger partial charge in [-0.1, -0.05) is 12.1 Å². The smallest absolute Gasteiger partial charge is 0.272 e. The van der Waals surface area contributed by atoms with Gasteiger partial charge in [-0.05, 0) is 12.1 Å². The van der Waals surface area contributed by atoms with E-state index in [9.17, 15) is 13.6 Å². The summed E-state index contributed by atoms with van der Waals surface area (Å²) in [4.78, 5) is 13.4. The number of terminal acetylenes is 1. The number of amides is 1. The molecule has 0 aliphatic carbocycles. The van der Waals surface area contributed by atoms with Crippen LogP contribution in [0.2, 0.25) is 0 Å². The summed E-state index contributed by atoms with van der Waals surface area (Å²) in [5.41, 5.74) is 0.492. The predicted octanol–water partition coefficient (Wildman–Crippen LogP) is 2.32. The second-order valence-corrected chi connectivity index (χ2v) is 4.24. The normalized spacial score (nSPS) is 18.7. The molecule has 1 aliphatic heterocycles. The van der Waals surface area contributed by atoms with Crippen molar-refractivity contribution in [3.8, 4) is 18.1 Å². The van der Waals surface area contributed by atoms with Gasteiger partial charge in [-0.2, -0.15) is 0 Å². The van der Waals surface area contributed by atoms with Crippen LogP contribution in [0.15, 0.2) is 24.3 Å². The second kappa shape index (κ2) is 5.70. The van der Waals surface area contributed by atoms with Crippen LogP contribution < -0.4 is 9.64 Å². The fraction of sp³-hybridized carbons (Fsp3) is 0.357. The summed E-state index contributed by atoms with van der Waals surface area (Å²) in [7, 11) is 0. The molecule has 1 unspecified atom stereocenters. The fourth-order valence-corrected chi connectivity index (χ4v) is 2.01. The number of ether oxygens (including phenoxy) is 1. The van der Waals surface area contributed by atoms with Crippen molar-refractivity contribution in [3.05, 3.63) is 24.3 Å². The van der Waals surface area contributed by atoms with Crippen LogP contribution in [0, 0.1) is 18.3 Å². The summed E-state index contributed by atoms with van der Waals surface area (Å²) in [5.74, 6) is 2.55. The second-order valence-electron chi connectivity index (χ2n) is 4.24. The van der Waals surface area contributed by atoms with Crippen LogP contribution in [0.3, 0.4) is 0 Å². The van der Waals surface area contributed by atoms with Crippen molar-refractivity contribution in [2.24, 2.45) is 5.92 Å². The van der Waals surface area contributed by atoms with Crippen molar-refractivity contribution >= 4 is 11.6 Å². The van der Waals surface area contributed by atoms with Crippen molar-refractivity contribution in [2.45, 2.75) is 12.8 Å². The van der Waals surface area contributed by atoms with E-state index in [2.05, 4.69) is 5.92 Å². The average Bonchev–Trinajstić information content (AvgIpc) is 2.78. The van der Waals surface area contributed by atoms with Crippen molar-refractivity contribution in [2.75, 3.05) is 18.1 Å². The zero-order valence-corrected chi connectivity index (χ0v) is 10.2. The topological polar surface area (TPSA) is 29.5 Å². The summed E-state index contributed by atoms with van der Waals surface area (Å²) in [5, 5.41) is 0. The summed E-state index contributed by atoms with van der Waals surface area (Å²) >= 11 is 0. The lowest BCUT2D eigenvalue weighted by atomic mass is 10.1. The van der Waals surface area contributed by atoms with Gasteiger partial charge in [0, 0.05) is 18.9 Å². The minimum atomic E-state index is -2.55. The number of halogens is 2. The van der Waals surface area contributed by atoms with Crippen LogP contribution in [0.5, 0.6) is 5.75 Å². The van der Waals surface area contributed by atoms with Gasteiger partial charge in [0.1, 0.15) is 12.4 Å². The molecule has 0 aromatic heterocycles. The summed E-state index contributed by atoms with van der Waals surface area (Å²) in [6.07, 6.45) is 3.04. The number of hydrogen-bond donors (Lipinski definition) is 0. The highest BCUT2D eigenvalue weighted by molar-refractivity contribution is 5.97. The van der Waals surface area contributed by atoms with E-state index in [1.54, 1.807) is 24.3 Å². The Kier molecular flexibility index (Phi) is 4.00. The summed E-state index contributed by atoms with van der Waals surface area (Å²) < 4.78 is 29.4. The first kappa shape index (κ1) is 13.3. The quantitative estimate of drug-likeness (QED) is 0.782. The molecule has 1 amide bonds. The molecule has 0 radical (unpaired) electrons. The molecule has 1 atom stereocenters. The molecule has 1 heterocycles. The number of carbonyl (C=O) groups excluding carboxylic acids is 1. The van der Waals surface area contributed by atoms with Crippen LogP contribution in [-0.4, -0.2) is 25.5 Å². The molecule has 5 heteroatoms. The lowest BCUT2D eigenvalue weighted by molar-refractivity contribution is -0.117. The number of hydrogen-bond acceptors (Lipinski definition) is 2. The van der Waals surface area contributed by atoms with Gasteiger partial charge in [0.25, 0.3) is 6.43 Å². The third-order valence-electron chi connectivity index (χ3n) is 2.88. The zero-order valence-electron chi connectivity index (χ0n) is 10.2. The van der Waals surface area contributed by atoms with E-state index in [0.717, 1.165) is 0 Å². The molecule has 1 aromatic carbocycles. The molecule has 1 saturated heterocycles. The van der Waals surface area contributed by atoms with Crippen LogP contribution in [-0.2, 0) is 4.79 Å². The third-order valence-corrected chi connectivity index (χ3v) is 2.88. The molecule has 1 aromatic rings. The number of rotatable bonds is 4. The molecule has 1 fully saturated rings. The Bertz CT molecular complexity index is 510. The van der Waals surface area contributed by atoms with Crippen LogP contribution >= 0.6 is 0 Å². The fourth-order valence-electron chi connectivity index (χ4n) is 2.01. The highest BCUT2D eigenvalue weighted by Crippen LogP contribution is 2.32. The van der Waals surface area contributed by atoms with Crippen LogP contribution in [0.4, 0.5) is 14.5 Å². The molecule has 19 heavy (non-hydrogen) atoms. The molecule has 0 saturated carbocycles. The molecule has 0 spiro atoms. The van der Waals surface area contributed by atoms with E-state index in [0.29, 0.717) is 12.2 Å². The maximum atomic E-state index is 12.2. The van der Waals surface area contributed by atoms with Crippen LogP contribution in [0.1, 0.15) is 6.42 Å². The van der Waals surface area contributed by atoms with Gasteiger partial charge in [0.15, 0.2) is 0 Å². The predicted molar refractivity (Wildman–Crippen MR) is 67.2 cm³/mol. The first-order valence-electron chi connectivity index (χ1n) is 5.88. The van der Waals surface area contributed by atoms with Crippen LogP contribution in [0.25, 0.3) is 0 Å². The van der Waals surface area contributed by atoms with Gasteiger partial charge in [-0.15, -0.1) is 12.3 Å². The standard InChI is InChI=1S/C14H13F2NO2/c1-2-10-7-14(18)17(8-10)11-5-3-4-6-12(11)19-9-13(15)16/h1,3-6,10,13H,7-9H2. The van der Waals surface area contributed by atoms with E-state index in [4.69, 9.17) is 11.2 Å². The van der Waals surface area contributed by atoms with E-state index in [1.165, 1.54) is 4.90 Å². The first-order valence-corrected chi connectivity index (χ1v) is 5.88. The lowest BCUT2D eigenvalue weighted by Crippen LogP contribution is -2.25. The molecule has 0 bridgehead atoms. The van der Waals surface area contributed by atoms with Gasteiger partial charge in [0.05, 0.1) is 5.69 Å². The highest BCUT2D eigenvalue weighted by atomic mass is 19.3. The Morgan fingerprint density at radius 2 is 2.21 bits per heavy atom. The number of carbonyl (C=O) groups is 1. The zero-order chi connectivity index (χ0) is 13.8. The Balaban J connectivity index is 2.20. The molecular formula is C14H13F2NO2. The van der Waals surface area contributed by atoms with Crippen molar-refractivity contribution in [1.82, 2.24) is 0 Å².